The van der Waals surface area contributed by atoms with Crippen LogP contribution in [0, 0.1) is 6.92 Å². The second-order valence-electron chi connectivity index (χ2n) is 5.97. The van der Waals surface area contributed by atoms with E-state index >= 15 is 0 Å². The number of benzene rings is 1. The Labute approximate surface area is 126 Å². The zero-order valence-corrected chi connectivity index (χ0v) is 13.3. The molecular formula is C17H25NO3. The van der Waals surface area contributed by atoms with Crippen LogP contribution < -0.4 is 5.32 Å². The van der Waals surface area contributed by atoms with E-state index in [1.165, 1.54) is 0 Å². The molecule has 0 saturated carbocycles. The van der Waals surface area contributed by atoms with Gasteiger partial charge in [-0.1, -0.05) is 30.4 Å². The summed E-state index contributed by atoms with van der Waals surface area (Å²) in [6.45, 7) is 8.13. The summed E-state index contributed by atoms with van der Waals surface area (Å²) in [7, 11) is 0. The van der Waals surface area contributed by atoms with Crippen LogP contribution in [0.15, 0.2) is 24.3 Å². The van der Waals surface area contributed by atoms with Gasteiger partial charge in [-0.05, 0) is 50.8 Å². The number of aliphatic hydroxyl groups is 1. The molecule has 0 aliphatic rings. The summed E-state index contributed by atoms with van der Waals surface area (Å²) in [5, 5.41) is 11.8. The predicted molar refractivity (Wildman–Crippen MR) is 85.0 cm³/mol. The highest BCUT2D eigenvalue weighted by molar-refractivity contribution is 5.67. The van der Waals surface area contributed by atoms with Crippen molar-refractivity contribution in [1.29, 1.82) is 0 Å². The Morgan fingerprint density at radius 3 is 2.67 bits per heavy atom. The summed E-state index contributed by atoms with van der Waals surface area (Å²) in [5.41, 5.74) is 2.68. The van der Waals surface area contributed by atoms with Crippen LogP contribution in [0.5, 0.6) is 0 Å². The number of carbonyl (C=O) groups excluding carboxylic acids is 1. The lowest BCUT2D eigenvalue weighted by atomic mass is 10.0. The van der Waals surface area contributed by atoms with Crippen molar-refractivity contribution in [3.63, 3.8) is 0 Å². The zero-order valence-electron chi connectivity index (χ0n) is 13.3. The number of carbonyl (C=O) groups is 1. The third-order valence-electron chi connectivity index (χ3n) is 2.79. The fourth-order valence-corrected chi connectivity index (χ4v) is 1.81. The van der Waals surface area contributed by atoms with Gasteiger partial charge in [0.15, 0.2) is 0 Å². The minimum atomic E-state index is -0.467. The van der Waals surface area contributed by atoms with Crippen LogP contribution in [0.2, 0.25) is 0 Å². The van der Waals surface area contributed by atoms with E-state index in [0.717, 1.165) is 23.1 Å². The first kappa shape index (κ1) is 17.2. The fourth-order valence-electron chi connectivity index (χ4n) is 1.81. The van der Waals surface area contributed by atoms with Gasteiger partial charge < -0.3 is 15.2 Å². The maximum Gasteiger partial charge on any atom is 0.407 e. The molecule has 1 aromatic carbocycles. The summed E-state index contributed by atoms with van der Waals surface area (Å²) in [6, 6.07) is 5.86. The van der Waals surface area contributed by atoms with E-state index < -0.39 is 5.60 Å². The van der Waals surface area contributed by atoms with Gasteiger partial charge in [-0.25, -0.2) is 4.79 Å². The van der Waals surface area contributed by atoms with E-state index in [9.17, 15) is 4.79 Å². The van der Waals surface area contributed by atoms with Crippen molar-refractivity contribution in [1.82, 2.24) is 5.32 Å². The second-order valence-corrected chi connectivity index (χ2v) is 5.97. The summed E-state index contributed by atoms with van der Waals surface area (Å²) in [4.78, 5) is 11.4. The number of aryl methyl sites for hydroxylation is 1. The van der Waals surface area contributed by atoms with Crippen molar-refractivity contribution in [2.75, 3.05) is 6.54 Å². The number of ether oxygens (including phenoxy) is 1. The van der Waals surface area contributed by atoms with Gasteiger partial charge in [0.25, 0.3) is 0 Å². The smallest absolute Gasteiger partial charge is 0.407 e. The van der Waals surface area contributed by atoms with Crippen LogP contribution in [0.25, 0.3) is 6.08 Å². The molecule has 1 amide bonds. The first-order valence-corrected chi connectivity index (χ1v) is 7.15. The highest BCUT2D eigenvalue weighted by Gasteiger charge is 2.15. The van der Waals surface area contributed by atoms with Gasteiger partial charge in [-0.2, -0.15) is 0 Å². The van der Waals surface area contributed by atoms with Crippen LogP contribution >= 0.6 is 0 Å². The van der Waals surface area contributed by atoms with Crippen molar-refractivity contribution < 1.29 is 14.6 Å². The van der Waals surface area contributed by atoms with Crippen LogP contribution in [0.4, 0.5) is 4.79 Å². The van der Waals surface area contributed by atoms with Crippen molar-refractivity contribution >= 4 is 12.2 Å². The first-order valence-electron chi connectivity index (χ1n) is 7.15. The minimum absolute atomic E-state index is 0.0602. The Balaban J connectivity index is 2.37. The molecular weight excluding hydrogens is 266 g/mol. The third-order valence-corrected chi connectivity index (χ3v) is 2.79. The van der Waals surface area contributed by atoms with Gasteiger partial charge in [-0.15, -0.1) is 0 Å². The number of hydrogen-bond donors (Lipinski definition) is 2. The standard InChI is InChI=1S/C17H25NO3/c1-13-11-14(12-19)8-9-15(13)7-5-6-10-18-16(20)21-17(2,3)4/h5,7-9,11,19H,6,10,12H2,1-4H3,(H,18,20). The van der Waals surface area contributed by atoms with E-state index in [2.05, 4.69) is 5.32 Å². The monoisotopic (exact) mass is 291 g/mol. The maximum atomic E-state index is 11.4. The quantitative estimate of drug-likeness (QED) is 0.817. The number of alkyl carbamates (subject to hydrolysis) is 1. The Bertz CT molecular complexity index is 501. The van der Waals surface area contributed by atoms with Crippen LogP contribution in [-0.4, -0.2) is 23.3 Å². The normalized spacial score (nSPS) is 11.7. The Kier molecular flexibility index (Phi) is 6.43. The molecule has 4 heteroatoms. The molecule has 21 heavy (non-hydrogen) atoms. The minimum Gasteiger partial charge on any atom is -0.444 e. The van der Waals surface area contributed by atoms with Gasteiger partial charge in [0.2, 0.25) is 0 Å². The fraction of sp³-hybridized carbons (Fsp3) is 0.471. The molecule has 0 aliphatic heterocycles. The van der Waals surface area contributed by atoms with E-state index in [0.29, 0.717) is 6.54 Å². The highest BCUT2D eigenvalue weighted by atomic mass is 16.6. The van der Waals surface area contributed by atoms with Gasteiger partial charge >= 0.3 is 6.09 Å². The first-order chi connectivity index (χ1) is 9.81. The molecule has 0 atom stereocenters. The number of amides is 1. The number of nitrogens with one attached hydrogen (secondary N) is 1. The topological polar surface area (TPSA) is 58.6 Å². The van der Waals surface area contributed by atoms with Gasteiger partial charge in [0.05, 0.1) is 6.61 Å². The average molecular weight is 291 g/mol. The molecule has 116 valence electrons. The van der Waals surface area contributed by atoms with Gasteiger partial charge in [0.1, 0.15) is 5.60 Å². The summed E-state index contributed by atoms with van der Waals surface area (Å²) in [6.07, 6.45) is 4.38. The van der Waals surface area contributed by atoms with Crippen molar-refractivity contribution in [3.05, 3.63) is 41.0 Å². The molecule has 0 radical (unpaired) electrons. The SMILES string of the molecule is Cc1cc(CO)ccc1C=CCCNC(=O)OC(C)(C)C. The zero-order chi connectivity index (χ0) is 15.9. The molecule has 0 fully saturated rings. The molecule has 0 bridgehead atoms. The molecule has 2 N–H and O–H groups in total. The maximum absolute atomic E-state index is 11.4. The summed E-state index contributed by atoms with van der Waals surface area (Å²) < 4.78 is 5.15. The Hall–Kier alpha value is -1.81. The van der Waals surface area contributed by atoms with Crippen LogP contribution in [-0.2, 0) is 11.3 Å². The molecule has 0 aromatic heterocycles. The van der Waals surface area contributed by atoms with Crippen molar-refractivity contribution in [2.24, 2.45) is 0 Å². The van der Waals surface area contributed by atoms with Crippen molar-refractivity contribution in [2.45, 2.75) is 46.3 Å². The predicted octanol–water partition coefficient (Wildman–Crippen LogP) is 3.42. The highest BCUT2D eigenvalue weighted by Crippen LogP contribution is 2.13. The summed E-state index contributed by atoms with van der Waals surface area (Å²) in [5.74, 6) is 0. The third kappa shape index (κ3) is 6.95. The average Bonchev–Trinajstić information content (AvgIpc) is 2.37. The van der Waals surface area contributed by atoms with Crippen molar-refractivity contribution in [3.8, 4) is 0 Å². The van der Waals surface area contributed by atoms with E-state index in [1.807, 2.05) is 58.0 Å². The largest absolute Gasteiger partial charge is 0.444 e. The van der Waals surface area contributed by atoms with Crippen LogP contribution in [0.1, 0.15) is 43.9 Å². The molecule has 0 unspecified atom stereocenters. The van der Waals surface area contributed by atoms with Gasteiger partial charge in [-0.3, -0.25) is 0 Å². The number of hydrogen-bond acceptors (Lipinski definition) is 3. The van der Waals surface area contributed by atoms with E-state index in [1.54, 1.807) is 0 Å². The molecule has 0 spiro atoms. The lowest BCUT2D eigenvalue weighted by Crippen LogP contribution is -2.32. The van der Waals surface area contributed by atoms with E-state index in [-0.39, 0.29) is 12.7 Å². The Morgan fingerprint density at radius 2 is 2.10 bits per heavy atom. The molecule has 1 rings (SSSR count). The molecule has 0 heterocycles. The summed E-state index contributed by atoms with van der Waals surface area (Å²) >= 11 is 0. The van der Waals surface area contributed by atoms with Crippen LogP contribution in [0.3, 0.4) is 0 Å². The lowest BCUT2D eigenvalue weighted by molar-refractivity contribution is 0.0529. The molecule has 0 aliphatic carbocycles. The molecule has 0 saturated heterocycles. The lowest BCUT2D eigenvalue weighted by Gasteiger charge is -2.19. The number of rotatable bonds is 5. The molecule has 1 aromatic rings. The Morgan fingerprint density at radius 1 is 1.38 bits per heavy atom. The number of aliphatic hydroxyl groups excluding tert-OH is 1. The van der Waals surface area contributed by atoms with E-state index in [4.69, 9.17) is 9.84 Å². The second kappa shape index (κ2) is 7.84. The van der Waals surface area contributed by atoms with Gasteiger partial charge in [0, 0.05) is 6.54 Å². The molecule has 4 nitrogen and oxygen atoms in total.